The molecule has 11 heteroatoms. The van der Waals surface area contributed by atoms with Gasteiger partial charge in [0.25, 0.3) is 5.91 Å². The molecule has 0 atom stereocenters. The molecule has 0 aliphatic carbocycles. The van der Waals surface area contributed by atoms with E-state index in [1.54, 1.807) is 0 Å². The molecule has 0 spiro atoms. The summed E-state index contributed by atoms with van der Waals surface area (Å²) in [7, 11) is -3.67. The number of hydrogen-bond donors (Lipinski definition) is 1. The van der Waals surface area contributed by atoms with E-state index in [1.165, 1.54) is 45.6 Å². The average Bonchev–Trinajstić information content (AvgIpc) is 3.09. The molecule has 2 heterocycles. The third kappa shape index (κ3) is 4.85. The van der Waals surface area contributed by atoms with Gasteiger partial charge in [0.05, 0.1) is 15.5 Å². The molecule has 1 amide bonds. The molecular weight excluding hydrogens is 440 g/mol. The van der Waals surface area contributed by atoms with Crippen molar-refractivity contribution in [3.8, 4) is 0 Å². The molecule has 3 rings (SSSR count). The Kier molecular flexibility index (Phi) is 6.98. The molecule has 1 aromatic heterocycles. The van der Waals surface area contributed by atoms with Gasteiger partial charge >= 0.3 is 0 Å². The van der Waals surface area contributed by atoms with Gasteiger partial charge in [0.2, 0.25) is 15.2 Å². The SMILES string of the molecule is CCSc1nnc(NC(=O)c2cc(S(=O)(=O)N3CCC(C)CC3)ccc2Cl)s1. The van der Waals surface area contributed by atoms with Crippen LogP contribution in [0.4, 0.5) is 5.13 Å². The maximum Gasteiger partial charge on any atom is 0.259 e. The average molecular weight is 461 g/mol. The highest BCUT2D eigenvalue weighted by atomic mass is 35.5. The molecule has 152 valence electrons. The van der Waals surface area contributed by atoms with Crippen LogP contribution in [-0.2, 0) is 10.0 Å². The van der Waals surface area contributed by atoms with Crippen molar-refractivity contribution >= 4 is 55.8 Å². The molecule has 28 heavy (non-hydrogen) atoms. The molecule has 0 saturated carbocycles. The van der Waals surface area contributed by atoms with Crippen molar-refractivity contribution < 1.29 is 13.2 Å². The lowest BCUT2D eigenvalue weighted by atomic mass is 10.0. The number of carbonyl (C=O) groups excluding carboxylic acids is 1. The monoisotopic (exact) mass is 460 g/mol. The van der Waals surface area contributed by atoms with Gasteiger partial charge in [0.15, 0.2) is 4.34 Å². The largest absolute Gasteiger partial charge is 0.296 e. The Balaban J connectivity index is 1.81. The Hall–Kier alpha value is -1.20. The molecule has 1 aliphatic rings. The molecule has 2 aromatic rings. The van der Waals surface area contributed by atoms with Crippen LogP contribution in [0.15, 0.2) is 27.4 Å². The topological polar surface area (TPSA) is 92.3 Å². The standard InChI is InChI=1S/C17H21ClN4O3S3/c1-3-26-17-21-20-16(27-17)19-15(23)13-10-12(4-5-14(13)18)28(24,25)22-8-6-11(2)7-9-22/h4-5,10-11H,3,6-9H2,1-2H3,(H,19,20,23). The van der Waals surface area contributed by atoms with E-state index in [4.69, 9.17) is 11.6 Å². The summed E-state index contributed by atoms with van der Waals surface area (Å²) in [5, 5.41) is 11.1. The lowest BCUT2D eigenvalue weighted by Crippen LogP contribution is -2.37. The Bertz CT molecular complexity index is 956. The Morgan fingerprint density at radius 1 is 1.36 bits per heavy atom. The minimum atomic E-state index is -3.67. The summed E-state index contributed by atoms with van der Waals surface area (Å²) < 4.78 is 28.1. The van der Waals surface area contributed by atoms with Gasteiger partial charge in [-0.25, -0.2) is 8.42 Å². The maximum absolute atomic E-state index is 12.9. The number of rotatable bonds is 6. The molecule has 1 N–H and O–H groups in total. The van der Waals surface area contributed by atoms with Gasteiger partial charge in [-0.2, -0.15) is 4.31 Å². The first-order valence-corrected chi connectivity index (χ1v) is 12.5. The highest BCUT2D eigenvalue weighted by Crippen LogP contribution is 2.28. The number of nitrogens with one attached hydrogen (secondary N) is 1. The summed E-state index contributed by atoms with van der Waals surface area (Å²) in [6.45, 7) is 5.08. The van der Waals surface area contributed by atoms with Crippen LogP contribution in [0.5, 0.6) is 0 Å². The van der Waals surface area contributed by atoms with E-state index in [0.29, 0.717) is 24.1 Å². The molecule has 7 nitrogen and oxygen atoms in total. The van der Waals surface area contributed by atoms with Crippen LogP contribution in [0.2, 0.25) is 5.02 Å². The molecule has 1 aliphatic heterocycles. The minimum absolute atomic E-state index is 0.0658. The minimum Gasteiger partial charge on any atom is -0.296 e. The van der Waals surface area contributed by atoms with Gasteiger partial charge in [0.1, 0.15) is 0 Å². The van der Waals surface area contributed by atoms with E-state index in [-0.39, 0.29) is 15.5 Å². The summed E-state index contributed by atoms with van der Waals surface area (Å²) in [5.74, 6) is 0.850. The van der Waals surface area contributed by atoms with E-state index in [9.17, 15) is 13.2 Å². The zero-order chi connectivity index (χ0) is 20.3. The Labute approximate surface area is 177 Å². The fourth-order valence-corrected chi connectivity index (χ4v) is 6.16. The number of piperidine rings is 1. The Morgan fingerprint density at radius 3 is 2.75 bits per heavy atom. The van der Waals surface area contributed by atoms with Crippen molar-refractivity contribution in [2.24, 2.45) is 5.92 Å². The number of carbonyl (C=O) groups is 1. The molecule has 1 fully saturated rings. The molecule has 1 aromatic carbocycles. The van der Waals surface area contributed by atoms with Gasteiger partial charge in [-0.3, -0.25) is 10.1 Å². The van der Waals surface area contributed by atoms with Gasteiger partial charge in [-0.05, 0) is 42.7 Å². The third-order valence-corrected chi connectivity index (χ3v) is 8.54. The third-order valence-electron chi connectivity index (χ3n) is 4.46. The van der Waals surface area contributed by atoms with Crippen LogP contribution in [0, 0.1) is 5.92 Å². The quantitative estimate of drug-likeness (QED) is 0.517. The lowest BCUT2D eigenvalue weighted by molar-refractivity contribution is 0.102. The van der Waals surface area contributed by atoms with E-state index >= 15 is 0 Å². The van der Waals surface area contributed by atoms with Gasteiger partial charge in [-0.1, -0.05) is 48.5 Å². The van der Waals surface area contributed by atoms with Crippen LogP contribution >= 0.6 is 34.7 Å². The van der Waals surface area contributed by atoms with E-state index < -0.39 is 15.9 Å². The predicted octanol–water partition coefficient (Wildman–Crippen LogP) is 3.98. The molecule has 0 radical (unpaired) electrons. The first-order valence-electron chi connectivity index (χ1n) is 8.88. The number of thioether (sulfide) groups is 1. The highest BCUT2D eigenvalue weighted by molar-refractivity contribution is 8.01. The lowest BCUT2D eigenvalue weighted by Gasteiger charge is -2.29. The van der Waals surface area contributed by atoms with E-state index in [1.807, 2.05) is 6.92 Å². The second-order valence-corrected chi connectivity index (χ2v) is 11.3. The predicted molar refractivity (Wildman–Crippen MR) is 113 cm³/mol. The summed E-state index contributed by atoms with van der Waals surface area (Å²) in [6.07, 6.45) is 1.66. The zero-order valence-electron chi connectivity index (χ0n) is 15.5. The van der Waals surface area contributed by atoms with Crippen LogP contribution < -0.4 is 5.32 Å². The number of sulfonamides is 1. The number of nitrogens with zero attached hydrogens (tertiary/aromatic N) is 3. The van der Waals surface area contributed by atoms with Crippen molar-refractivity contribution in [2.75, 3.05) is 24.2 Å². The van der Waals surface area contributed by atoms with Gasteiger partial charge in [-0.15, -0.1) is 10.2 Å². The van der Waals surface area contributed by atoms with Crippen molar-refractivity contribution in [3.05, 3.63) is 28.8 Å². The van der Waals surface area contributed by atoms with Crippen LogP contribution in [0.3, 0.4) is 0 Å². The van der Waals surface area contributed by atoms with Gasteiger partial charge < -0.3 is 0 Å². The summed E-state index contributed by atoms with van der Waals surface area (Å²) in [4.78, 5) is 12.7. The van der Waals surface area contributed by atoms with Gasteiger partial charge in [0, 0.05) is 13.1 Å². The number of benzene rings is 1. The van der Waals surface area contributed by atoms with Crippen molar-refractivity contribution in [1.29, 1.82) is 0 Å². The number of hydrogen-bond acceptors (Lipinski definition) is 7. The molecular formula is C17H21ClN4O3S3. The smallest absolute Gasteiger partial charge is 0.259 e. The van der Waals surface area contributed by atoms with Crippen LogP contribution in [0.25, 0.3) is 0 Å². The van der Waals surface area contributed by atoms with E-state index in [2.05, 4.69) is 22.4 Å². The number of halogens is 1. The number of amides is 1. The first kappa shape index (κ1) is 21.5. The number of aromatic nitrogens is 2. The van der Waals surface area contributed by atoms with Crippen molar-refractivity contribution in [3.63, 3.8) is 0 Å². The van der Waals surface area contributed by atoms with Crippen LogP contribution in [-0.4, -0.2) is 47.7 Å². The molecule has 0 bridgehead atoms. The molecule has 0 unspecified atom stereocenters. The van der Waals surface area contributed by atoms with Crippen molar-refractivity contribution in [2.45, 2.75) is 35.9 Å². The number of anilines is 1. The zero-order valence-corrected chi connectivity index (χ0v) is 18.7. The highest BCUT2D eigenvalue weighted by Gasteiger charge is 2.29. The fraction of sp³-hybridized carbons (Fsp3) is 0.471. The fourth-order valence-electron chi connectivity index (χ4n) is 2.82. The van der Waals surface area contributed by atoms with Crippen LogP contribution in [0.1, 0.15) is 37.0 Å². The van der Waals surface area contributed by atoms with E-state index in [0.717, 1.165) is 22.9 Å². The maximum atomic E-state index is 12.9. The molecule has 1 saturated heterocycles. The second kappa shape index (κ2) is 9.08. The summed E-state index contributed by atoms with van der Waals surface area (Å²) in [5.41, 5.74) is 0.0908. The Morgan fingerprint density at radius 2 is 2.07 bits per heavy atom. The summed E-state index contributed by atoms with van der Waals surface area (Å²) in [6, 6.07) is 4.20. The first-order chi connectivity index (χ1) is 13.3. The summed E-state index contributed by atoms with van der Waals surface area (Å²) >= 11 is 8.95. The van der Waals surface area contributed by atoms with Crippen molar-refractivity contribution in [1.82, 2.24) is 14.5 Å². The second-order valence-electron chi connectivity index (χ2n) is 6.49. The normalized spacial score (nSPS) is 16.2.